The van der Waals surface area contributed by atoms with E-state index in [0.29, 0.717) is 45.5 Å². The van der Waals surface area contributed by atoms with Crippen molar-refractivity contribution in [2.24, 2.45) is 0 Å². The molecule has 0 bridgehead atoms. The number of ether oxygens (including phenoxy) is 3. The van der Waals surface area contributed by atoms with Crippen molar-refractivity contribution in [1.29, 1.82) is 0 Å². The van der Waals surface area contributed by atoms with Crippen LogP contribution in [-0.4, -0.2) is 152 Å². The van der Waals surface area contributed by atoms with Gasteiger partial charge in [0.05, 0.1) is 55.4 Å². The fourth-order valence-corrected chi connectivity index (χ4v) is 8.99. The molecule has 3 fully saturated rings. The highest BCUT2D eigenvalue weighted by Gasteiger charge is 2.49. The van der Waals surface area contributed by atoms with Gasteiger partial charge in [-0.3, -0.25) is 48.7 Å². The van der Waals surface area contributed by atoms with Gasteiger partial charge in [-0.05, 0) is 43.9 Å². The van der Waals surface area contributed by atoms with Gasteiger partial charge >= 0.3 is 5.92 Å². The Labute approximate surface area is 381 Å². The zero-order valence-corrected chi connectivity index (χ0v) is 36.7. The number of alkyl halides is 2. The summed E-state index contributed by atoms with van der Waals surface area (Å²) >= 11 is 0. The Morgan fingerprint density at radius 3 is 2.55 bits per heavy atom. The third-order valence-electron chi connectivity index (χ3n) is 12.4. The van der Waals surface area contributed by atoms with Gasteiger partial charge in [-0.15, -0.1) is 0 Å². The van der Waals surface area contributed by atoms with E-state index in [0.717, 1.165) is 28.7 Å². The number of anilines is 4. The molecule has 2 saturated heterocycles. The van der Waals surface area contributed by atoms with Crippen LogP contribution in [0.3, 0.4) is 0 Å². The first kappa shape index (κ1) is 46.6. The van der Waals surface area contributed by atoms with Crippen LogP contribution >= 0.6 is 0 Å². The Morgan fingerprint density at radius 2 is 1.79 bits per heavy atom. The van der Waals surface area contributed by atoms with Gasteiger partial charge in [-0.2, -0.15) is 13.8 Å². The number of fused-ring (bicyclic) bond motifs is 2. The number of amides is 7. The highest BCUT2D eigenvalue weighted by atomic mass is 19.3. The second-order valence-electron chi connectivity index (χ2n) is 16.8. The first-order valence-corrected chi connectivity index (χ1v) is 21.9. The minimum atomic E-state index is -3.65. The van der Waals surface area contributed by atoms with Crippen molar-refractivity contribution >= 4 is 64.5 Å². The van der Waals surface area contributed by atoms with Crippen LogP contribution in [0.2, 0.25) is 0 Å². The maximum atomic E-state index is 15.6. The van der Waals surface area contributed by atoms with Crippen LogP contribution < -0.4 is 40.5 Å². The monoisotopic (exact) mass is 934 g/mol. The zero-order chi connectivity index (χ0) is 47.6. The summed E-state index contributed by atoms with van der Waals surface area (Å²) in [6.07, 6.45) is 4.88. The molecule has 2 aromatic carbocycles. The lowest BCUT2D eigenvalue weighted by atomic mass is 10.0. The number of carbonyl (C=O) groups is 7. The maximum absolute atomic E-state index is 15.6. The second kappa shape index (κ2) is 19.5. The highest BCUT2D eigenvalue weighted by Crippen LogP contribution is 2.40. The summed E-state index contributed by atoms with van der Waals surface area (Å²) in [4.78, 5) is 103. The molecule has 0 spiro atoms. The number of halogens is 3. The number of likely N-dealkylation sites (tertiary alicyclic amines) is 1. The van der Waals surface area contributed by atoms with E-state index in [9.17, 15) is 33.6 Å². The number of hydrogen-bond acceptors (Lipinski definition) is 15. The van der Waals surface area contributed by atoms with Gasteiger partial charge in [-0.25, -0.2) is 9.37 Å². The SMILES string of the molecule is COc1cc(C(=O)NC2CCN(CCOCCNC(=O)COc3cccc4c3C(=O)N(C3CCC(=O)NC3=O)C4=O)C2)c(F)cc1Nc1ncc2c(n1)N(C1CCCC1)CC(F)(F)C(=O)N2C. The third-order valence-corrected chi connectivity index (χ3v) is 12.4. The van der Waals surface area contributed by atoms with E-state index >= 15 is 13.2 Å². The molecular weight excluding hydrogens is 886 g/mol. The topological polar surface area (TPSA) is 234 Å². The minimum absolute atomic E-state index is 0.00190. The first-order chi connectivity index (χ1) is 32.1. The molecule has 5 heterocycles. The molecule has 4 aliphatic heterocycles. The molecule has 1 aromatic heterocycles. The highest BCUT2D eigenvalue weighted by molar-refractivity contribution is 6.24. The van der Waals surface area contributed by atoms with Crippen molar-refractivity contribution in [2.45, 2.75) is 69.0 Å². The largest absolute Gasteiger partial charge is 0.495 e. The van der Waals surface area contributed by atoms with Crippen LogP contribution in [0.25, 0.3) is 0 Å². The number of hydrogen-bond donors (Lipinski definition) is 4. The van der Waals surface area contributed by atoms with Gasteiger partial charge in [0, 0.05) is 57.8 Å². The second-order valence-corrected chi connectivity index (χ2v) is 16.8. The number of imide groups is 2. The number of aromatic nitrogens is 2. The molecule has 2 atom stereocenters. The molecule has 8 rings (SSSR count). The van der Waals surface area contributed by atoms with Gasteiger partial charge in [0.2, 0.25) is 17.8 Å². The average molecular weight is 935 g/mol. The Bertz CT molecular complexity index is 2490. The van der Waals surface area contributed by atoms with Crippen molar-refractivity contribution in [3.8, 4) is 11.5 Å². The van der Waals surface area contributed by atoms with Gasteiger partial charge in [0.15, 0.2) is 12.4 Å². The van der Waals surface area contributed by atoms with E-state index in [1.165, 1.54) is 49.5 Å². The zero-order valence-electron chi connectivity index (χ0n) is 36.7. The number of carbonyl (C=O) groups excluding carboxylic acids is 7. The van der Waals surface area contributed by atoms with Crippen LogP contribution in [0, 0.1) is 5.82 Å². The summed E-state index contributed by atoms with van der Waals surface area (Å²) in [7, 11) is 2.59. The van der Waals surface area contributed by atoms with Gasteiger partial charge in [-0.1, -0.05) is 18.9 Å². The molecule has 5 aliphatic rings. The lowest BCUT2D eigenvalue weighted by molar-refractivity contribution is -0.140. The summed E-state index contributed by atoms with van der Waals surface area (Å²) in [5.41, 5.74) is -0.0994. The lowest BCUT2D eigenvalue weighted by Crippen LogP contribution is -2.54. The Kier molecular flexibility index (Phi) is 13.6. The molecule has 4 N–H and O–H groups in total. The van der Waals surface area contributed by atoms with Crippen molar-refractivity contribution in [1.82, 2.24) is 35.7 Å². The number of methoxy groups -OCH3 is 1. The predicted molar refractivity (Wildman–Crippen MR) is 231 cm³/mol. The van der Waals surface area contributed by atoms with Crippen molar-refractivity contribution in [3.05, 3.63) is 59.0 Å². The van der Waals surface area contributed by atoms with Crippen LogP contribution in [-0.2, 0) is 23.9 Å². The molecule has 23 heteroatoms. The molecule has 1 saturated carbocycles. The number of nitrogens with zero attached hydrogens (tertiary/aromatic N) is 6. The Morgan fingerprint density at radius 1 is 1.00 bits per heavy atom. The van der Waals surface area contributed by atoms with E-state index in [2.05, 4.69) is 36.1 Å². The summed E-state index contributed by atoms with van der Waals surface area (Å²) in [6.45, 7) is 0.976. The molecule has 67 heavy (non-hydrogen) atoms. The lowest BCUT2D eigenvalue weighted by Gasteiger charge is -2.31. The summed E-state index contributed by atoms with van der Waals surface area (Å²) < 4.78 is 62.5. The third kappa shape index (κ3) is 9.82. The molecule has 1 aliphatic carbocycles. The van der Waals surface area contributed by atoms with Crippen LogP contribution in [0.4, 0.5) is 36.3 Å². The van der Waals surface area contributed by atoms with Crippen LogP contribution in [0.5, 0.6) is 11.5 Å². The molecule has 7 amide bonds. The quantitative estimate of drug-likeness (QED) is 0.119. The number of rotatable bonds is 16. The Balaban J connectivity index is 0.773. The minimum Gasteiger partial charge on any atom is -0.495 e. The van der Waals surface area contributed by atoms with Crippen molar-refractivity contribution < 1.29 is 60.9 Å². The van der Waals surface area contributed by atoms with Gasteiger partial charge < -0.3 is 40.0 Å². The van der Waals surface area contributed by atoms with E-state index in [1.54, 1.807) is 0 Å². The average Bonchev–Trinajstić information content (AvgIpc) is 4.05. The van der Waals surface area contributed by atoms with Gasteiger partial charge in [0.25, 0.3) is 29.5 Å². The molecule has 20 nitrogen and oxygen atoms in total. The Hall–Kier alpha value is -6.88. The molecule has 2 unspecified atom stereocenters. The standard InChI is InChI=1S/C44H49F3N10O10/c1-54-31-20-49-43(53-37(31)56(25-6-3-4-7-25)23-44(46,47)42(54)64)51-29-19-28(45)27(18-33(29)65-2)38(60)50-24-12-14-55(21-24)15-17-66-16-13-48-35(59)22-67-32-9-5-8-26-36(32)41(63)57(40(26)62)30-10-11-34(58)52-39(30)61/h5,8-9,18-20,24-25,30H,3-4,6-7,10-17,21-23H2,1-2H3,(H,48,59)(H,50,60)(H,49,51,53)(H,52,58,61). The number of piperidine rings is 1. The van der Waals surface area contributed by atoms with Gasteiger partial charge in [0.1, 0.15) is 29.0 Å². The number of nitrogens with one attached hydrogen (secondary N) is 4. The summed E-state index contributed by atoms with van der Waals surface area (Å²) in [5.74, 6) is -9.51. The summed E-state index contributed by atoms with van der Waals surface area (Å²) in [5, 5.41) is 10.6. The summed E-state index contributed by atoms with van der Waals surface area (Å²) in [6, 6.07) is 4.99. The fraction of sp³-hybridized carbons (Fsp3) is 0.477. The van der Waals surface area contributed by atoms with E-state index in [1.807, 2.05) is 0 Å². The van der Waals surface area contributed by atoms with Crippen molar-refractivity contribution in [3.63, 3.8) is 0 Å². The molecular formula is C44H49F3N10O10. The molecule has 0 radical (unpaired) electrons. The predicted octanol–water partition coefficient (Wildman–Crippen LogP) is 2.15. The normalized spacial score (nSPS) is 20.7. The van der Waals surface area contributed by atoms with Crippen molar-refractivity contribution in [2.75, 3.05) is 81.8 Å². The van der Waals surface area contributed by atoms with Crippen LogP contribution in [0.15, 0.2) is 36.5 Å². The van der Waals surface area contributed by atoms with Crippen LogP contribution in [0.1, 0.15) is 76.0 Å². The van der Waals surface area contributed by atoms with E-state index < -0.39 is 72.3 Å². The smallest absolute Gasteiger partial charge is 0.342 e. The van der Waals surface area contributed by atoms with E-state index in [4.69, 9.17) is 14.2 Å². The van der Waals surface area contributed by atoms with E-state index in [-0.39, 0.29) is 89.4 Å². The maximum Gasteiger partial charge on any atom is 0.342 e. The molecule has 3 aromatic rings. The number of benzene rings is 2. The first-order valence-electron chi connectivity index (χ1n) is 21.9. The molecule has 356 valence electrons. The fourth-order valence-electron chi connectivity index (χ4n) is 8.99.